The van der Waals surface area contributed by atoms with Gasteiger partial charge >= 0.3 is 12.7 Å². The van der Waals surface area contributed by atoms with E-state index in [9.17, 15) is 23.1 Å². The van der Waals surface area contributed by atoms with Crippen molar-refractivity contribution < 1.29 is 32.5 Å². The third kappa shape index (κ3) is 7.71. The number of pyridine rings is 1. The van der Waals surface area contributed by atoms with Crippen LogP contribution in [0.5, 0.6) is 0 Å². The van der Waals surface area contributed by atoms with Crippen LogP contribution in [0.2, 0.25) is 0 Å². The summed E-state index contributed by atoms with van der Waals surface area (Å²) in [7, 11) is 0. The molecular formula is C29H34F3NO4S. The first kappa shape index (κ1) is 29.9. The lowest BCUT2D eigenvalue weighted by Gasteiger charge is -2.29. The summed E-state index contributed by atoms with van der Waals surface area (Å²) in [5, 5.41) is 10.8. The van der Waals surface area contributed by atoms with Crippen molar-refractivity contribution in [2.45, 2.75) is 70.6 Å². The number of benzene rings is 1. The van der Waals surface area contributed by atoms with Crippen LogP contribution in [0.4, 0.5) is 13.2 Å². The van der Waals surface area contributed by atoms with Crippen molar-refractivity contribution in [2.24, 2.45) is 5.92 Å². The SMILES string of the molecule is C=CCOC(O)OC1=C(c2c(CC)cc(C)cc2CC)C(=O)CC(CCSc2ccc(C(F)(F)F)cn2)C1. The summed E-state index contributed by atoms with van der Waals surface area (Å²) < 4.78 is 49.4. The zero-order valence-corrected chi connectivity index (χ0v) is 22.8. The second-order valence-electron chi connectivity index (χ2n) is 9.23. The average Bonchev–Trinajstić information content (AvgIpc) is 2.87. The van der Waals surface area contributed by atoms with E-state index in [1.807, 2.05) is 20.8 Å². The first-order valence-corrected chi connectivity index (χ1v) is 13.7. The van der Waals surface area contributed by atoms with E-state index in [-0.39, 0.29) is 18.3 Å². The molecule has 2 atom stereocenters. The summed E-state index contributed by atoms with van der Waals surface area (Å²) in [6.45, 7) is 8.24. The molecule has 1 heterocycles. The molecule has 38 heavy (non-hydrogen) atoms. The number of halogens is 3. The van der Waals surface area contributed by atoms with Crippen LogP contribution < -0.4 is 0 Å². The summed E-state index contributed by atoms with van der Waals surface area (Å²) in [6, 6.07) is 6.53. The first-order valence-electron chi connectivity index (χ1n) is 12.7. The highest BCUT2D eigenvalue weighted by Gasteiger charge is 2.33. The van der Waals surface area contributed by atoms with Gasteiger partial charge in [-0.1, -0.05) is 37.6 Å². The smallest absolute Gasteiger partial charge is 0.417 e. The Labute approximate surface area is 226 Å². The normalized spacial score (nSPS) is 17.0. The number of carbonyl (C=O) groups is 1. The third-order valence-corrected chi connectivity index (χ3v) is 7.38. The molecular weight excluding hydrogens is 515 g/mol. The fourth-order valence-electron chi connectivity index (χ4n) is 4.64. The molecule has 0 aliphatic heterocycles. The Balaban J connectivity index is 1.84. The maximum Gasteiger partial charge on any atom is 0.417 e. The second kappa shape index (κ2) is 13.4. The van der Waals surface area contributed by atoms with Crippen molar-refractivity contribution in [2.75, 3.05) is 12.4 Å². The van der Waals surface area contributed by atoms with Crippen molar-refractivity contribution in [3.8, 4) is 0 Å². The molecule has 1 aliphatic carbocycles. The highest BCUT2D eigenvalue weighted by molar-refractivity contribution is 7.99. The first-order chi connectivity index (χ1) is 18.1. The molecule has 0 saturated carbocycles. The Hall–Kier alpha value is -2.62. The van der Waals surface area contributed by atoms with Crippen LogP contribution in [-0.2, 0) is 33.3 Å². The Morgan fingerprint density at radius 3 is 2.45 bits per heavy atom. The van der Waals surface area contributed by atoms with Gasteiger partial charge in [-0.2, -0.15) is 13.2 Å². The Bertz CT molecular complexity index is 1140. The van der Waals surface area contributed by atoms with Gasteiger partial charge in [-0.3, -0.25) is 4.79 Å². The number of hydrogen-bond donors (Lipinski definition) is 1. The van der Waals surface area contributed by atoms with Gasteiger partial charge < -0.3 is 14.6 Å². The second-order valence-corrected chi connectivity index (χ2v) is 10.3. The van der Waals surface area contributed by atoms with E-state index < -0.39 is 18.2 Å². The number of aliphatic hydroxyl groups excluding tert-OH is 1. The summed E-state index contributed by atoms with van der Waals surface area (Å²) in [6.07, 6.45) is 0.741. The van der Waals surface area contributed by atoms with E-state index in [2.05, 4.69) is 23.7 Å². The van der Waals surface area contributed by atoms with Crippen LogP contribution >= 0.6 is 11.8 Å². The van der Waals surface area contributed by atoms with Crippen LogP contribution in [-0.4, -0.2) is 34.7 Å². The van der Waals surface area contributed by atoms with E-state index in [1.54, 1.807) is 0 Å². The number of Topliss-reactive ketones (excluding diaryl/α,β-unsaturated/α-hetero) is 1. The van der Waals surface area contributed by atoms with Gasteiger partial charge in [0.1, 0.15) is 5.76 Å². The number of ketones is 1. The van der Waals surface area contributed by atoms with E-state index in [1.165, 1.54) is 23.9 Å². The van der Waals surface area contributed by atoms with Gasteiger partial charge in [0, 0.05) is 19.0 Å². The average molecular weight is 550 g/mol. The molecule has 2 aromatic rings. The van der Waals surface area contributed by atoms with Gasteiger partial charge in [-0.05, 0) is 66.7 Å². The Morgan fingerprint density at radius 1 is 1.21 bits per heavy atom. The Kier molecular flexibility index (Phi) is 10.6. The number of rotatable bonds is 12. The maximum absolute atomic E-state index is 13.6. The lowest BCUT2D eigenvalue weighted by molar-refractivity contribution is -0.240. The number of allylic oxidation sites excluding steroid dienone is 2. The van der Waals surface area contributed by atoms with E-state index in [0.29, 0.717) is 41.4 Å². The van der Waals surface area contributed by atoms with Gasteiger partial charge in [0.05, 0.1) is 22.8 Å². The molecule has 0 bridgehead atoms. The number of ether oxygens (including phenoxy) is 2. The number of carbonyl (C=O) groups excluding carboxylic acids is 1. The molecule has 1 N–H and O–H groups in total. The summed E-state index contributed by atoms with van der Waals surface area (Å²) in [5.41, 5.74) is 3.80. The topological polar surface area (TPSA) is 68.7 Å². The molecule has 2 unspecified atom stereocenters. The van der Waals surface area contributed by atoms with Crippen molar-refractivity contribution in [3.63, 3.8) is 0 Å². The largest absolute Gasteiger partial charge is 0.445 e. The van der Waals surface area contributed by atoms with Crippen molar-refractivity contribution >= 4 is 23.1 Å². The lowest BCUT2D eigenvalue weighted by Crippen LogP contribution is -2.25. The summed E-state index contributed by atoms with van der Waals surface area (Å²) in [4.78, 5) is 17.5. The minimum Gasteiger partial charge on any atom is -0.445 e. The maximum atomic E-state index is 13.6. The number of hydrogen-bond acceptors (Lipinski definition) is 6. The zero-order chi connectivity index (χ0) is 27.9. The summed E-state index contributed by atoms with van der Waals surface area (Å²) in [5.74, 6) is 0.849. The molecule has 5 nitrogen and oxygen atoms in total. The Morgan fingerprint density at radius 2 is 1.89 bits per heavy atom. The fourth-order valence-corrected chi connectivity index (χ4v) is 5.59. The fraction of sp³-hybridized carbons (Fsp3) is 0.448. The van der Waals surface area contributed by atoms with Gasteiger partial charge in [0.2, 0.25) is 0 Å². The number of aliphatic hydroxyl groups is 1. The quantitative estimate of drug-likeness (QED) is 0.176. The molecule has 206 valence electrons. The summed E-state index contributed by atoms with van der Waals surface area (Å²) >= 11 is 1.34. The van der Waals surface area contributed by atoms with E-state index in [4.69, 9.17) is 9.47 Å². The molecule has 1 aromatic carbocycles. The monoisotopic (exact) mass is 549 g/mol. The molecule has 0 radical (unpaired) electrons. The molecule has 1 aromatic heterocycles. The predicted molar refractivity (Wildman–Crippen MR) is 142 cm³/mol. The van der Waals surface area contributed by atoms with Crippen LogP contribution in [0, 0.1) is 12.8 Å². The molecule has 0 amide bonds. The van der Waals surface area contributed by atoms with Gasteiger partial charge in [-0.25, -0.2) is 4.98 Å². The number of nitrogens with zero attached hydrogens (tertiary/aromatic N) is 1. The van der Waals surface area contributed by atoms with E-state index >= 15 is 0 Å². The van der Waals surface area contributed by atoms with Gasteiger partial charge in [0.15, 0.2) is 5.78 Å². The van der Waals surface area contributed by atoms with Crippen LogP contribution in [0.1, 0.15) is 60.9 Å². The number of aromatic nitrogens is 1. The third-order valence-electron chi connectivity index (χ3n) is 6.40. The molecule has 0 saturated heterocycles. The number of alkyl halides is 3. The minimum atomic E-state index is -4.42. The molecule has 3 rings (SSSR count). The van der Waals surface area contributed by atoms with Crippen LogP contribution in [0.3, 0.4) is 0 Å². The van der Waals surface area contributed by atoms with Crippen molar-refractivity contribution in [1.82, 2.24) is 4.98 Å². The van der Waals surface area contributed by atoms with Gasteiger partial charge in [-0.15, -0.1) is 18.3 Å². The van der Waals surface area contributed by atoms with Crippen LogP contribution in [0.15, 0.2) is 53.9 Å². The highest BCUT2D eigenvalue weighted by Crippen LogP contribution is 2.40. The van der Waals surface area contributed by atoms with Gasteiger partial charge in [0.25, 0.3) is 0 Å². The minimum absolute atomic E-state index is 0.0573. The van der Waals surface area contributed by atoms with Crippen molar-refractivity contribution in [3.05, 3.63) is 76.7 Å². The number of aryl methyl sites for hydroxylation is 3. The standard InChI is InChI=1S/C29H34F3NO4S/c1-5-11-36-28(35)37-24-16-19(10-12-38-25-9-8-22(17-33-25)29(30,31)32)15-23(34)27(24)26-20(6-2)13-18(4)14-21(26)7-3/h5,8-9,13-14,17,19,28,35H,1,6-7,10-12,15-16H2,2-4H3. The van der Waals surface area contributed by atoms with Crippen LogP contribution in [0.25, 0.3) is 5.57 Å². The van der Waals surface area contributed by atoms with E-state index in [0.717, 1.165) is 47.4 Å². The lowest BCUT2D eigenvalue weighted by atomic mass is 9.79. The van der Waals surface area contributed by atoms with Crippen molar-refractivity contribution in [1.29, 1.82) is 0 Å². The highest BCUT2D eigenvalue weighted by atomic mass is 32.2. The predicted octanol–water partition coefficient (Wildman–Crippen LogP) is 6.90. The number of thioether (sulfide) groups is 1. The molecule has 9 heteroatoms. The molecule has 0 fully saturated rings. The molecule has 1 aliphatic rings. The molecule has 0 spiro atoms. The zero-order valence-electron chi connectivity index (χ0n) is 21.9.